The van der Waals surface area contributed by atoms with Gasteiger partial charge in [0, 0.05) is 11.6 Å². The Morgan fingerprint density at radius 1 is 1.32 bits per heavy atom. The summed E-state index contributed by atoms with van der Waals surface area (Å²) in [6.07, 6.45) is 6.53. The maximum Gasteiger partial charge on any atom is 0.240 e. The summed E-state index contributed by atoms with van der Waals surface area (Å²) in [4.78, 5) is 0.269. The predicted molar refractivity (Wildman–Crippen MR) is 77.9 cm³/mol. The van der Waals surface area contributed by atoms with Crippen LogP contribution in [0.5, 0.6) is 0 Å². The molecule has 0 bridgehead atoms. The van der Waals surface area contributed by atoms with Gasteiger partial charge in [0.05, 0.1) is 4.90 Å². The first kappa shape index (κ1) is 14.6. The van der Waals surface area contributed by atoms with Crippen molar-refractivity contribution < 1.29 is 8.42 Å². The highest BCUT2D eigenvalue weighted by Gasteiger charge is 2.15. The fraction of sp³-hybridized carbons (Fsp3) is 0.429. The van der Waals surface area contributed by atoms with Crippen LogP contribution in [0, 0.1) is 6.92 Å². The second-order valence-electron chi connectivity index (χ2n) is 4.84. The zero-order chi connectivity index (χ0) is 13.9. The first-order valence-corrected chi connectivity index (χ1v) is 8.29. The van der Waals surface area contributed by atoms with Crippen molar-refractivity contribution in [3.63, 3.8) is 0 Å². The van der Waals surface area contributed by atoms with Gasteiger partial charge in [-0.2, -0.15) is 0 Å². The minimum atomic E-state index is -3.45. The molecule has 1 aliphatic rings. The molecule has 0 aromatic heterocycles. The van der Waals surface area contributed by atoms with Gasteiger partial charge in [0.15, 0.2) is 0 Å². The van der Waals surface area contributed by atoms with Gasteiger partial charge >= 0.3 is 0 Å². The van der Waals surface area contributed by atoms with Crippen molar-refractivity contribution in [2.24, 2.45) is 0 Å². The Morgan fingerprint density at radius 3 is 2.74 bits per heavy atom. The van der Waals surface area contributed by atoms with Crippen LogP contribution in [0.4, 0.5) is 0 Å². The number of aryl methyl sites for hydroxylation is 1. The van der Waals surface area contributed by atoms with E-state index in [1.807, 2.05) is 0 Å². The van der Waals surface area contributed by atoms with Crippen LogP contribution < -0.4 is 4.72 Å². The summed E-state index contributed by atoms with van der Waals surface area (Å²) in [7, 11) is -3.45. The second-order valence-corrected chi connectivity index (χ2v) is 7.02. The summed E-state index contributed by atoms with van der Waals surface area (Å²) in [6, 6.07) is 4.75. The summed E-state index contributed by atoms with van der Waals surface area (Å²) in [6.45, 7) is 2.20. The van der Waals surface area contributed by atoms with Gasteiger partial charge in [-0.05, 0) is 56.4 Å². The molecule has 0 spiro atoms. The average molecular weight is 300 g/mol. The average Bonchev–Trinajstić information content (AvgIpc) is 2.41. The van der Waals surface area contributed by atoms with Crippen LogP contribution in [0.2, 0.25) is 5.02 Å². The fourth-order valence-electron chi connectivity index (χ4n) is 2.12. The quantitative estimate of drug-likeness (QED) is 0.866. The lowest BCUT2D eigenvalue weighted by Gasteiger charge is -2.14. The number of allylic oxidation sites excluding steroid dienone is 1. The van der Waals surface area contributed by atoms with Crippen molar-refractivity contribution in [3.8, 4) is 0 Å². The van der Waals surface area contributed by atoms with Crippen LogP contribution in [0.1, 0.15) is 31.2 Å². The van der Waals surface area contributed by atoms with E-state index < -0.39 is 10.0 Å². The van der Waals surface area contributed by atoms with E-state index in [2.05, 4.69) is 10.8 Å². The molecule has 1 aliphatic carbocycles. The van der Waals surface area contributed by atoms with Crippen molar-refractivity contribution >= 4 is 21.6 Å². The minimum absolute atomic E-state index is 0.269. The van der Waals surface area contributed by atoms with Crippen LogP contribution in [0.15, 0.2) is 34.7 Å². The SMILES string of the molecule is Cc1cc(S(=O)(=O)NCC2=CCCCC2)ccc1Cl. The first-order valence-electron chi connectivity index (χ1n) is 6.43. The molecule has 1 aromatic carbocycles. The maximum atomic E-state index is 12.2. The van der Waals surface area contributed by atoms with Gasteiger partial charge in [0.25, 0.3) is 0 Å². The third kappa shape index (κ3) is 3.81. The highest BCUT2D eigenvalue weighted by molar-refractivity contribution is 7.89. The van der Waals surface area contributed by atoms with E-state index in [-0.39, 0.29) is 4.90 Å². The molecule has 19 heavy (non-hydrogen) atoms. The Bertz CT molecular complexity index is 593. The lowest BCUT2D eigenvalue weighted by molar-refractivity contribution is 0.582. The molecule has 2 rings (SSSR count). The molecule has 5 heteroatoms. The van der Waals surface area contributed by atoms with Crippen LogP contribution in [0.3, 0.4) is 0 Å². The van der Waals surface area contributed by atoms with Gasteiger partial charge in [-0.25, -0.2) is 13.1 Å². The lowest BCUT2D eigenvalue weighted by Crippen LogP contribution is -2.26. The van der Waals surface area contributed by atoms with Gasteiger partial charge in [-0.3, -0.25) is 0 Å². The third-order valence-corrected chi connectivity index (χ3v) is 5.14. The van der Waals surface area contributed by atoms with E-state index in [0.717, 1.165) is 24.8 Å². The molecular formula is C14H18ClNO2S. The molecule has 1 N–H and O–H groups in total. The molecule has 0 radical (unpaired) electrons. The lowest BCUT2D eigenvalue weighted by atomic mass is 10.0. The molecule has 0 saturated carbocycles. The number of sulfonamides is 1. The number of hydrogen-bond donors (Lipinski definition) is 1. The zero-order valence-corrected chi connectivity index (χ0v) is 12.5. The molecule has 104 valence electrons. The van der Waals surface area contributed by atoms with E-state index >= 15 is 0 Å². The number of halogens is 1. The van der Waals surface area contributed by atoms with Crippen LogP contribution in [-0.4, -0.2) is 15.0 Å². The van der Waals surface area contributed by atoms with Crippen molar-refractivity contribution in [3.05, 3.63) is 40.4 Å². The van der Waals surface area contributed by atoms with Gasteiger partial charge in [-0.15, -0.1) is 0 Å². The van der Waals surface area contributed by atoms with E-state index in [1.54, 1.807) is 19.1 Å². The zero-order valence-electron chi connectivity index (χ0n) is 10.9. The highest BCUT2D eigenvalue weighted by atomic mass is 35.5. The van der Waals surface area contributed by atoms with Crippen molar-refractivity contribution in [1.82, 2.24) is 4.72 Å². The summed E-state index contributed by atoms with van der Waals surface area (Å²) >= 11 is 5.91. The Labute approximate surface area is 119 Å². The molecule has 0 fully saturated rings. The molecule has 0 heterocycles. The molecule has 0 unspecified atom stereocenters. The van der Waals surface area contributed by atoms with Crippen LogP contribution in [0.25, 0.3) is 0 Å². The van der Waals surface area contributed by atoms with Crippen molar-refractivity contribution in [2.75, 3.05) is 6.54 Å². The van der Waals surface area contributed by atoms with Crippen molar-refractivity contribution in [2.45, 2.75) is 37.5 Å². The largest absolute Gasteiger partial charge is 0.240 e. The monoisotopic (exact) mass is 299 g/mol. The Morgan fingerprint density at radius 2 is 2.11 bits per heavy atom. The summed E-state index contributed by atoms with van der Waals surface area (Å²) in [5, 5.41) is 0.578. The molecule has 0 atom stereocenters. The maximum absolute atomic E-state index is 12.2. The van der Waals surface area contributed by atoms with Gasteiger partial charge < -0.3 is 0 Å². The molecule has 0 aliphatic heterocycles. The molecule has 3 nitrogen and oxygen atoms in total. The Kier molecular flexibility index (Phi) is 4.66. The van der Waals surface area contributed by atoms with Gasteiger partial charge in [-0.1, -0.05) is 23.3 Å². The van der Waals surface area contributed by atoms with Gasteiger partial charge in [0.2, 0.25) is 10.0 Å². The van der Waals surface area contributed by atoms with E-state index in [9.17, 15) is 8.42 Å². The molecule has 0 amide bonds. The van der Waals surface area contributed by atoms with Crippen LogP contribution in [-0.2, 0) is 10.0 Å². The number of benzene rings is 1. The number of rotatable bonds is 4. The predicted octanol–water partition coefficient (Wildman–Crippen LogP) is 3.43. The number of nitrogens with one attached hydrogen (secondary N) is 1. The summed E-state index contributed by atoms with van der Waals surface area (Å²) < 4.78 is 27.0. The van der Waals surface area contributed by atoms with Crippen molar-refractivity contribution in [1.29, 1.82) is 0 Å². The summed E-state index contributed by atoms with van der Waals surface area (Å²) in [5.41, 5.74) is 1.95. The molecule has 1 aromatic rings. The first-order chi connectivity index (χ1) is 8.99. The fourth-order valence-corrected chi connectivity index (χ4v) is 3.36. The minimum Gasteiger partial charge on any atom is -0.207 e. The standard InChI is InChI=1S/C14H18ClNO2S/c1-11-9-13(7-8-14(11)15)19(17,18)16-10-12-5-3-2-4-6-12/h5,7-9,16H,2-4,6,10H2,1H3. The van der Waals surface area contributed by atoms with E-state index in [4.69, 9.17) is 11.6 Å². The number of hydrogen-bond acceptors (Lipinski definition) is 2. The van der Waals surface area contributed by atoms with E-state index in [0.29, 0.717) is 11.6 Å². The van der Waals surface area contributed by atoms with E-state index in [1.165, 1.54) is 18.1 Å². The normalized spacial score (nSPS) is 16.2. The van der Waals surface area contributed by atoms with Gasteiger partial charge in [0.1, 0.15) is 0 Å². The Hall–Kier alpha value is -0.840. The molecule has 0 saturated heterocycles. The third-order valence-electron chi connectivity index (χ3n) is 3.31. The molecular weight excluding hydrogens is 282 g/mol. The smallest absolute Gasteiger partial charge is 0.207 e. The van der Waals surface area contributed by atoms with Crippen LogP contribution >= 0.6 is 11.6 Å². The Balaban J connectivity index is 2.09. The topological polar surface area (TPSA) is 46.2 Å². The summed E-state index contributed by atoms with van der Waals surface area (Å²) in [5.74, 6) is 0. The second kappa shape index (κ2) is 6.07. The highest BCUT2D eigenvalue weighted by Crippen LogP contribution is 2.20.